The zero-order valence-corrected chi connectivity index (χ0v) is 21.0. The van der Waals surface area contributed by atoms with Crippen molar-refractivity contribution in [3.8, 4) is 34.5 Å². The number of phenols is 3. The van der Waals surface area contributed by atoms with Crippen LogP contribution >= 0.6 is 0 Å². The number of hydrogen-bond acceptors (Lipinski definition) is 13. The van der Waals surface area contributed by atoms with Crippen molar-refractivity contribution >= 4 is 11.6 Å². The van der Waals surface area contributed by atoms with E-state index >= 15 is 0 Å². The second-order valence-corrected chi connectivity index (χ2v) is 8.68. The van der Waals surface area contributed by atoms with E-state index in [1.54, 1.807) is 0 Å². The second kappa shape index (κ2) is 11.4. The van der Waals surface area contributed by atoms with E-state index in [2.05, 4.69) is 0 Å². The van der Waals surface area contributed by atoms with Crippen molar-refractivity contribution in [1.82, 2.24) is 0 Å². The van der Waals surface area contributed by atoms with Gasteiger partial charge in [0, 0.05) is 29.7 Å². The van der Waals surface area contributed by atoms with Gasteiger partial charge >= 0.3 is 0 Å². The molecule has 0 saturated carbocycles. The van der Waals surface area contributed by atoms with Crippen LogP contribution < -0.4 is 14.2 Å². The van der Waals surface area contributed by atoms with Gasteiger partial charge in [0.05, 0.1) is 20.8 Å². The van der Waals surface area contributed by atoms with E-state index < -0.39 is 72.5 Å². The van der Waals surface area contributed by atoms with Gasteiger partial charge in [0.1, 0.15) is 70.0 Å². The van der Waals surface area contributed by atoms with Gasteiger partial charge in [-0.3, -0.25) is 9.59 Å². The fraction of sp³-hybridized carbons (Fsp3) is 0.440. The lowest BCUT2D eigenvalue weighted by Gasteiger charge is -2.39. The Morgan fingerprint density at radius 2 is 1.34 bits per heavy atom. The first-order valence-corrected chi connectivity index (χ1v) is 11.4. The Hall–Kier alpha value is -3.62. The summed E-state index contributed by atoms with van der Waals surface area (Å²) in [5.74, 6) is -3.50. The smallest absolute Gasteiger partial charge is 0.229 e. The third-order valence-electron chi connectivity index (χ3n) is 6.26. The van der Waals surface area contributed by atoms with Crippen LogP contribution in [0.3, 0.4) is 0 Å². The summed E-state index contributed by atoms with van der Waals surface area (Å²) in [4.78, 5) is 24.5. The molecule has 2 aromatic rings. The van der Waals surface area contributed by atoms with Crippen LogP contribution in [0.5, 0.6) is 34.5 Å². The van der Waals surface area contributed by atoms with Crippen LogP contribution in [-0.2, 0) is 11.2 Å². The highest BCUT2D eigenvalue weighted by Crippen LogP contribution is 2.45. The topological polar surface area (TPSA) is 213 Å². The van der Waals surface area contributed by atoms with Crippen molar-refractivity contribution in [2.24, 2.45) is 0 Å². The highest BCUT2D eigenvalue weighted by molar-refractivity contribution is 6.01. The monoisotopic (exact) mass is 538 g/mol. The predicted molar refractivity (Wildman–Crippen MR) is 128 cm³/mol. The van der Waals surface area contributed by atoms with Crippen LogP contribution in [0.1, 0.15) is 45.7 Å². The van der Waals surface area contributed by atoms with Crippen LogP contribution in [0.4, 0.5) is 0 Å². The van der Waals surface area contributed by atoms with Gasteiger partial charge in [-0.15, -0.1) is 0 Å². The average Bonchev–Trinajstić information content (AvgIpc) is 2.86. The highest BCUT2D eigenvalue weighted by Gasteiger charge is 2.45. The number of rotatable bonds is 9. The minimum atomic E-state index is -1.81. The van der Waals surface area contributed by atoms with Gasteiger partial charge in [-0.05, 0) is 13.8 Å². The Balaban J connectivity index is 2.20. The lowest BCUT2D eigenvalue weighted by Crippen LogP contribution is -2.60. The molecule has 1 aliphatic rings. The Bertz CT molecular complexity index is 1220. The van der Waals surface area contributed by atoms with Gasteiger partial charge < -0.3 is 54.7 Å². The molecule has 13 heteroatoms. The van der Waals surface area contributed by atoms with Gasteiger partial charge in [0.2, 0.25) is 6.29 Å². The van der Waals surface area contributed by atoms with E-state index in [1.165, 1.54) is 27.2 Å². The molecule has 13 nitrogen and oxygen atoms in total. The molecule has 1 saturated heterocycles. The number of carbonyl (C=O) groups excluding carboxylic acids is 2. The molecule has 0 bridgehead atoms. The summed E-state index contributed by atoms with van der Waals surface area (Å²) in [5.41, 5.74) is -0.928. The first-order valence-electron chi connectivity index (χ1n) is 11.4. The number of aromatic hydroxyl groups is 3. The summed E-state index contributed by atoms with van der Waals surface area (Å²) < 4.78 is 21.4. The molecule has 0 aliphatic carbocycles. The van der Waals surface area contributed by atoms with E-state index in [-0.39, 0.29) is 39.5 Å². The van der Waals surface area contributed by atoms with E-state index in [0.29, 0.717) is 0 Å². The molecule has 0 radical (unpaired) electrons. The number of aliphatic hydroxyl groups excluding tert-OH is 4. The van der Waals surface area contributed by atoms with Crippen LogP contribution in [-0.4, -0.2) is 98.8 Å². The number of aliphatic hydroxyl groups is 4. The number of ether oxygens (including phenoxy) is 4. The summed E-state index contributed by atoms with van der Waals surface area (Å²) in [7, 11) is 2.46. The standard InChI is InChI=1S/C25H30O13/c1-9(27)18-15(35-3)6-13(29)11(20(18)30)5-12-14(7-16(36-4)19(10(2)28)21(12)31)37-25-24(34)23(33)22(32)17(8-26)38-25/h6-7,17,22-26,29-34H,5,8H2,1-4H3/t17-,22-,23-,24-,25-/m1/s1. The quantitative estimate of drug-likeness (QED) is 0.210. The van der Waals surface area contributed by atoms with Gasteiger partial charge in [-0.1, -0.05) is 0 Å². The van der Waals surface area contributed by atoms with Crippen molar-refractivity contribution in [3.05, 3.63) is 34.4 Å². The number of Topliss-reactive ketones (excluding diaryl/α,β-unsaturated/α-hetero) is 2. The molecule has 1 fully saturated rings. The molecule has 5 atom stereocenters. The molecule has 0 unspecified atom stereocenters. The Kier molecular flexibility index (Phi) is 8.69. The van der Waals surface area contributed by atoms with Gasteiger partial charge in [-0.2, -0.15) is 0 Å². The first-order chi connectivity index (χ1) is 17.9. The number of hydrogen-bond donors (Lipinski definition) is 7. The molecule has 7 N–H and O–H groups in total. The summed E-state index contributed by atoms with van der Waals surface area (Å²) in [6, 6.07) is 2.27. The van der Waals surface area contributed by atoms with Gasteiger partial charge in [0.25, 0.3) is 0 Å². The lowest BCUT2D eigenvalue weighted by atomic mass is 9.94. The molecule has 0 amide bonds. The Labute approximate surface area is 217 Å². The summed E-state index contributed by atoms with van der Waals surface area (Å²) in [6.45, 7) is 1.61. The van der Waals surface area contributed by atoms with Gasteiger partial charge in [0.15, 0.2) is 11.6 Å². The number of benzene rings is 2. The molecule has 2 aromatic carbocycles. The van der Waals surface area contributed by atoms with Crippen molar-refractivity contribution in [2.75, 3.05) is 20.8 Å². The Morgan fingerprint density at radius 1 is 0.816 bits per heavy atom. The fourth-order valence-corrected chi connectivity index (χ4v) is 4.25. The Morgan fingerprint density at radius 3 is 1.84 bits per heavy atom. The predicted octanol–water partition coefficient (Wildman–Crippen LogP) is -0.00470. The number of ketones is 2. The molecule has 3 rings (SSSR count). The maximum Gasteiger partial charge on any atom is 0.229 e. The minimum absolute atomic E-state index is 0.0996. The molecule has 38 heavy (non-hydrogen) atoms. The average molecular weight is 539 g/mol. The molecule has 0 aromatic heterocycles. The van der Waals surface area contributed by atoms with Crippen LogP contribution in [0, 0.1) is 0 Å². The summed E-state index contributed by atoms with van der Waals surface area (Å²) >= 11 is 0. The number of carbonyl (C=O) groups is 2. The molecule has 0 spiro atoms. The van der Waals surface area contributed by atoms with Crippen LogP contribution in [0.25, 0.3) is 0 Å². The van der Waals surface area contributed by atoms with E-state index in [4.69, 9.17) is 18.9 Å². The third-order valence-corrected chi connectivity index (χ3v) is 6.26. The minimum Gasteiger partial charge on any atom is -0.507 e. The zero-order chi connectivity index (χ0) is 28.5. The van der Waals surface area contributed by atoms with E-state index in [9.17, 15) is 45.3 Å². The van der Waals surface area contributed by atoms with Crippen LogP contribution in [0.2, 0.25) is 0 Å². The highest BCUT2D eigenvalue weighted by atomic mass is 16.7. The molecule has 1 heterocycles. The third kappa shape index (κ3) is 5.19. The van der Waals surface area contributed by atoms with Gasteiger partial charge in [-0.25, -0.2) is 0 Å². The normalized spacial score (nSPS) is 23.1. The SMILES string of the molecule is COc1cc(O)c(Cc2c(O[C@@H]3O[C@H](CO)[C@@H](O)[C@@H](O)[C@H]3O)cc(OC)c(C(C)=O)c2O)c(O)c1C(C)=O. The molecular formula is C25H30O13. The van der Waals surface area contributed by atoms with Crippen molar-refractivity contribution in [1.29, 1.82) is 0 Å². The zero-order valence-electron chi connectivity index (χ0n) is 21.0. The number of methoxy groups -OCH3 is 2. The maximum absolute atomic E-state index is 12.3. The first kappa shape index (κ1) is 28.9. The fourth-order valence-electron chi connectivity index (χ4n) is 4.25. The lowest BCUT2D eigenvalue weighted by molar-refractivity contribution is -0.277. The summed E-state index contributed by atoms with van der Waals surface area (Å²) in [6.07, 6.45) is -8.73. The van der Waals surface area contributed by atoms with Crippen LogP contribution in [0.15, 0.2) is 12.1 Å². The maximum atomic E-state index is 12.3. The van der Waals surface area contributed by atoms with Crippen molar-refractivity contribution in [2.45, 2.75) is 51.0 Å². The van der Waals surface area contributed by atoms with Crippen molar-refractivity contribution in [3.63, 3.8) is 0 Å². The molecule has 1 aliphatic heterocycles. The molecular weight excluding hydrogens is 508 g/mol. The molecule has 208 valence electrons. The second-order valence-electron chi connectivity index (χ2n) is 8.68. The number of phenolic OH excluding ortho intramolecular Hbond substituents is 3. The van der Waals surface area contributed by atoms with E-state index in [0.717, 1.165) is 13.0 Å². The van der Waals surface area contributed by atoms with E-state index in [1.807, 2.05) is 0 Å². The van der Waals surface area contributed by atoms with Crippen molar-refractivity contribution < 1.29 is 64.3 Å². The summed E-state index contributed by atoms with van der Waals surface area (Å²) in [5, 5.41) is 72.6. The largest absolute Gasteiger partial charge is 0.507 e.